The number of aromatic amines is 1. The van der Waals surface area contributed by atoms with E-state index in [-0.39, 0.29) is 18.0 Å². The monoisotopic (exact) mass is 413 g/mol. The molecule has 7 heteroatoms. The van der Waals surface area contributed by atoms with Crippen molar-refractivity contribution >= 4 is 28.8 Å². The van der Waals surface area contributed by atoms with Crippen LogP contribution in [-0.4, -0.2) is 38.2 Å². The third kappa shape index (κ3) is 2.87. The second kappa shape index (κ2) is 6.72. The van der Waals surface area contributed by atoms with Crippen LogP contribution in [0.2, 0.25) is 5.02 Å². The lowest BCUT2D eigenvalue weighted by Gasteiger charge is -2.44. The Balaban J connectivity index is 1.40. The Morgan fingerprint density at radius 3 is 2.71 bits per heavy atom. The van der Waals surface area contributed by atoms with E-state index >= 15 is 0 Å². The van der Waals surface area contributed by atoms with Crippen LogP contribution in [0, 0.1) is 0 Å². The molecule has 0 saturated carbocycles. The van der Waals surface area contributed by atoms with Crippen LogP contribution in [0.3, 0.4) is 0 Å². The number of amides is 1. The SMILES string of the molecule is O=C(c1csc(-c2cn[nH]c2)c1)N1C2CCC1CC(O)(c1ccccc1Cl)C2. The molecule has 144 valence electrons. The number of carbonyl (C=O) groups excluding carboxylic acids is 1. The number of hydrogen-bond donors (Lipinski definition) is 2. The second-order valence-corrected chi connectivity index (χ2v) is 9.02. The molecule has 2 unspecified atom stereocenters. The number of aliphatic hydroxyl groups is 1. The van der Waals surface area contributed by atoms with Gasteiger partial charge < -0.3 is 10.0 Å². The summed E-state index contributed by atoms with van der Waals surface area (Å²) in [5, 5.41) is 20.7. The maximum absolute atomic E-state index is 13.3. The number of carbonyl (C=O) groups is 1. The number of nitrogens with zero attached hydrogens (tertiary/aromatic N) is 2. The first-order chi connectivity index (χ1) is 13.5. The lowest BCUT2D eigenvalue weighted by atomic mass is 9.80. The molecular weight excluding hydrogens is 394 g/mol. The first kappa shape index (κ1) is 17.9. The fourth-order valence-electron chi connectivity index (χ4n) is 4.75. The van der Waals surface area contributed by atoms with Crippen molar-refractivity contribution in [2.24, 2.45) is 0 Å². The fraction of sp³-hybridized carbons (Fsp3) is 0.333. The van der Waals surface area contributed by atoms with Gasteiger partial charge in [0.1, 0.15) is 0 Å². The standard InChI is InChI=1S/C21H20ClN3O2S/c22-18-4-2-1-3-17(18)21(27)8-15-5-6-16(9-21)25(15)20(26)13-7-19(28-12-13)14-10-23-24-11-14/h1-4,7,10-12,15-16,27H,5-6,8-9H2,(H,23,24). The van der Waals surface area contributed by atoms with E-state index in [2.05, 4.69) is 10.2 Å². The Hall–Kier alpha value is -2.15. The molecule has 28 heavy (non-hydrogen) atoms. The smallest absolute Gasteiger partial charge is 0.255 e. The first-order valence-electron chi connectivity index (χ1n) is 9.43. The van der Waals surface area contributed by atoms with Gasteiger partial charge in [-0.3, -0.25) is 9.89 Å². The normalized spacial score (nSPS) is 26.6. The van der Waals surface area contributed by atoms with E-state index < -0.39 is 5.60 Å². The van der Waals surface area contributed by atoms with Crippen molar-refractivity contribution in [1.29, 1.82) is 0 Å². The molecule has 2 aliphatic rings. The van der Waals surface area contributed by atoms with Crippen molar-refractivity contribution in [3.05, 3.63) is 64.3 Å². The molecule has 3 aromatic rings. The summed E-state index contributed by atoms with van der Waals surface area (Å²) >= 11 is 7.91. The highest BCUT2D eigenvalue weighted by molar-refractivity contribution is 7.13. The molecule has 2 fully saturated rings. The maximum Gasteiger partial charge on any atom is 0.255 e. The third-order valence-corrected chi connectivity index (χ3v) is 7.31. The number of rotatable bonds is 3. The molecule has 2 atom stereocenters. The number of nitrogens with one attached hydrogen (secondary N) is 1. The van der Waals surface area contributed by atoms with Gasteiger partial charge in [-0.05, 0) is 25.0 Å². The number of piperidine rings is 1. The van der Waals surface area contributed by atoms with E-state index in [1.54, 1.807) is 17.5 Å². The van der Waals surface area contributed by atoms with Gasteiger partial charge in [0.05, 0.1) is 17.4 Å². The molecule has 0 radical (unpaired) electrons. The minimum Gasteiger partial charge on any atom is -0.385 e. The molecule has 4 heterocycles. The first-order valence-corrected chi connectivity index (χ1v) is 10.7. The number of hydrogen-bond acceptors (Lipinski definition) is 4. The maximum atomic E-state index is 13.3. The Kier molecular flexibility index (Phi) is 4.30. The van der Waals surface area contributed by atoms with Crippen molar-refractivity contribution in [3.8, 4) is 10.4 Å². The number of H-pyrrole nitrogens is 1. The number of fused-ring (bicyclic) bond motifs is 2. The molecular formula is C21H20ClN3O2S. The minimum absolute atomic E-state index is 0.0322. The molecule has 2 N–H and O–H groups in total. The molecule has 5 rings (SSSR count). The van der Waals surface area contributed by atoms with E-state index in [0.717, 1.165) is 28.8 Å². The number of aromatic nitrogens is 2. The molecule has 0 aliphatic carbocycles. The average Bonchev–Trinajstić information content (AvgIpc) is 3.41. The molecule has 0 spiro atoms. The van der Waals surface area contributed by atoms with Crippen molar-refractivity contribution in [2.45, 2.75) is 43.4 Å². The van der Waals surface area contributed by atoms with Crippen molar-refractivity contribution < 1.29 is 9.90 Å². The molecule has 1 aromatic carbocycles. The highest BCUT2D eigenvalue weighted by atomic mass is 35.5. The second-order valence-electron chi connectivity index (χ2n) is 7.70. The molecule has 1 amide bonds. The average molecular weight is 414 g/mol. The van der Waals surface area contributed by atoms with Crippen LogP contribution < -0.4 is 0 Å². The summed E-state index contributed by atoms with van der Waals surface area (Å²) in [7, 11) is 0. The lowest BCUT2D eigenvalue weighted by Crippen LogP contribution is -2.52. The quantitative estimate of drug-likeness (QED) is 0.666. The number of thiophene rings is 1. The summed E-state index contributed by atoms with van der Waals surface area (Å²) in [6, 6.07) is 9.49. The highest BCUT2D eigenvalue weighted by Crippen LogP contribution is 2.47. The van der Waals surface area contributed by atoms with Crippen molar-refractivity contribution in [3.63, 3.8) is 0 Å². The van der Waals surface area contributed by atoms with Gasteiger partial charge >= 0.3 is 0 Å². The van der Waals surface area contributed by atoms with Gasteiger partial charge in [-0.2, -0.15) is 5.10 Å². The van der Waals surface area contributed by atoms with Crippen LogP contribution in [-0.2, 0) is 5.60 Å². The van der Waals surface area contributed by atoms with Crippen molar-refractivity contribution in [2.75, 3.05) is 0 Å². The van der Waals surface area contributed by atoms with Crippen LogP contribution in [0.4, 0.5) is 0 Å². The number of benzene rings is 1. The van der Waals surface area contributed by atoms with Crippen LogP contribution in [0.15, 0.2) is 48.1 Å². The molecule has 2 aliphatic heterocycles. The van der Waals surface area contributed by atoms with Crippen molar-refractivity contribution in [1.82, 2.24) is 15.1 Å². The Bertz CT molecular complexity index is 1000. The van der Waals surface area contributed by atoms with Gasteiger partial charge in [0.15, 0.2) is 0 Å². The van der Waals surface area contributed by atoms with Gasteiger partial charge in [0.25, 0.3) is 5.91 Å². The van der Waals surface area contributed by atoms with E-state index in [4.69, 9.17) is 11.6 Å². The topological polar surface area (TPSA) is 69.2 Å². The molecule has 2 saturated heterocycles. The van der Waals surface area contributed by atoms with E-state index in [9.17, 15) is 9.90 Å². The zero-order valence-electron chi connectivity index (χ0n) is 15.1. The Morgan fingerprint density at radius 1 is 1.29 bits per heavy atom. The number of halogens is 1. The van der Waals surface area contributed by atoms with Gasteiger partial charge in [0.2, 0.25) is 0 Å². The predicted molar refractivity (Wildman–Crippen MR) is 109 cm³/mol. The fourth-order valence-corrected chi connectivity index (χ4v) is 5.93. The van der Waals surface area contributed by atoms with Crippen LogP contribution in [0.1, 0.15) is 41.6 Å². The Morgan fingerprint density at radius 2 is 2.04 bits per heavy atom. The Labute approximate surface area is 172 Å². The highest BCUT2D eigenvalue weighted by Gasteiger charge is 2.50. The zero-order chi connectivity index (χ0) is 19.3. The summed E-state index contributed by atoms with van der Waals surface area (Å²) in [6.45, 7) is 0. The summed E-state index contributed by atoms with van der Waals surface area (Å²) in [4.78, 5) is 16.3. The third-order valence-electron chi connectivity index (χ3n) is 6.01. The summed E-state index contributed by atoms with van der Waals surface area (Å²) in [6.07, 6.45) is 6.47. The van der Waals surface area contributed by atoms with Gasteiger partial charge in [-0.1, -0.05) is 29.8 Å². The molecule has 5 nitrogen and oxygen atoms in total. The zero-order valence-corrected chi connectivity index (χ0v) is 16.7. The lowest BCUT2D eigenvalue weighted by molar-refractivity contribution is -0.0478. The van der Waals surface area contributed by atoms with Gasteiger partial charge in [0, 0.05) is 57.5 Å². The van der Waals surface area contributed by atoms with E-state index in [1.165, 1.54) is 0 Å². The molecule has 2 bridgehead atoms. The van der Waals surface area contributed by atoms with Crippen LogP contribution in [0.5, 0.6) is 0 Å². The molecule has 2 aromatic heterocycles. The van der Waals surface area contributed by atoms with Gasteiger partial charge in [-0.25, -0.2) is 0 Å². The van der Waals surface area contributed by atoms with Crippen LogP contribution >= 0.6 is 22.9 Å². The van der Waals surface area contributed by atoms with Gasteiger partial charge in [-0.15, -0.1) is 11.3 Å². The largest absolute Gasteiger partial charge is 0.385 e. The van der Waals surface area contributed by atoms with E-state index in [0.29, 0.717) is 23.4 Å². The summed E-state index contributed by atoms with van der Waals surface area (Å²) in [5.41, 5.74) is 1.50. The van der Waals surface area contributed by atoms with E-state index in [1.807, 2.05) is 46.8 Å². The minimum atomic E-state index is -0.975. The predicted octanol–water partition coefficient (Wildman–Crippen LogP) is 4.45. The summed E-state index contributed by atoms with van der Waals surface area (Å²) < 4.78 is 0. The van der Waals surface area contributed by atoms with Crippen LogP contribution in [0.25, 0.3) is 10.4 Å². The summed E-state index contributed by atoms with van der Waals surface area (Å²) in [5.74, 6) is 0.0553.